The molecule has 1 aliphatic heterocycles. The number of nitrogens with two attached hydrogens (primary N) is 1. The standard InChI is InChI=1S/C10H16N4O2.ClH/c1-13-5-8(11)9(12-13)10(16)14-4-2-3-7(14)6-15;/h5,7,15H,2-4,6,11H2,1H3;1H. The van der Waals surface area contributed by atoms with E-state index in [4.69, 9.17) is 10.8 Å². The third-order valence-corrected chi connectivity index (χ3v) is 2.91. The first-order chi connectivity index (χ1) is 7.63. The van der Waals surface area contributed by atoms with Gasteiger partial charge in [0.25, 0.3) is 5.91 Å². The second kappa shape index (κ2) is 5.37. The largest absolute Gasteiger partial charge is 0.396 e. The first-order valence-electron chi connectivity index (χ1n) is 5.34. The fourth-order valence-electron chi connectivity index (χ4n) is 2.10. The number of aryl methyl sites for hydroxylation is 1. The number of hydrogen-bond acceptors (Lipinski definition) is 4. The summed E-state index contributed by atoms with van der Waals surface area (Å²) < 4.78 is 1.52. The summed E-state index contributed by atoms with van der Waals surface area (Å²) in [5.41, 5.74) is 6.37. The van der Waals surface area contributed by atoms with Gasteiger partial charge in [-0.3, -0.25) is 9.48 Å². The Morgan fingerprint density at radius 3 is 2.94 bits per heavy atom. The van der Waals surface area contributed by atoms with E-state index < -0.39 is 0 Å². The number of aliphatic hydroxyl groups is 1. The molecule has 6 nitrogen and oxygen atoms in total. The van der Waals surface area contributed by atoms with Crippen LogP contribution >= 0.6 is 12.4 Å². The lowest BCUT2D eigenvalue weighted by Gasteiger charge is -2.22. The minimum Gasteiger partial charge on any atom is -0.396 e. The van der Waals surface area contributed by atoms with E-state index in [-0.39, 0.29) is 36.7 Å². The number of nitrogen functional groups attached to an aromatic ring is 1. The third-order valence-electron chi connectivity index (χ3n) is 2.91. The molecule has 0 aromatic carbocycles. The van der Waals surface area contributed by atoms with Crippen molar-refractivity contribution in [2.24, 2.45) is 7.05 Å². The minimum atomic E-state index is -0.186. The molecule has 1 unspecified atom stereocenters. The van der Waals surface area contributed by atoms with Crippen LogP contribution in [0.3, 0.4) is 0 Å². The zero-order valence-corrected chi connectivity index (χ0v) is 10.5. The SMILES string of the molecule is Cl.Cn1cc(N)c(C(=O)N2CCCC2CO)n1. The first-order valence-corrected chi connectivity index (χ1v) is 5.34. The number of anilines is 1. The van der Waals surface area contributed by atoms with Crippen LogP contribution in [0.2, 0.25) is 0 Å². The highest BCUT2D eigenvalue weighted by molar-refractivity contribution is 5.97. The van der Waals surface area contributed by atoms with Crippen molar-refractivity contribution in [2.75, 3.05) is 18.9 Å². The molecule has 1 saturated heterocycles. The summed E-state index contributed by atoms with van der Waals surface area (Å²) in [5, 5.41) is 13.2. The Morgan fingerprint density at radius 2 is 2.41 bits per heavy atom. The van der Waals surface area contributed by atoms with E-state index in [1.165, 1.54) is 4.68 Å². The Bertz CT molecular complexity index is 407. The van der Waals surface area contributed by atoms with Crippen LogP contribution in [-0.2, 0) is 7.05 Å². The van der Waals surface area contributed by atoms with Crippen molar-refractivity contribution in [1.29, 1.82) is 0 Å². The number of amides is 1. The summed E-state index contributed by atoms with van der Waals surface area (Å²) in [7, 11) is 1.72. The average molecular weight is 261 g/mol. The molecule has 1 amide bonds. The van der Waals surface area contributed by atoms with Crippen LogP contribution in [0, 0.1) is 0 Å². The van der Waals surface area contributed by atoms with Gasteiger partial charge < -0.3 is 15.7 Å². The molecule has 1 aromatic rings. The van der Waals surface area contributed by atoms with Gasteiger partial charge in [-0.1, -0.05) is 0 Å². The van der Waals surface area contributed by atoms with Crippen molar-refractivity contribution in [3.05, 3.63) is 11.9 Å². The quantitative estimate of drug-likeness (QED) is 0.785. The highest BCUT2D eigenvalue weighted by Gasteiger charge is 2.31. The monoisotopic (exact) mass is 260 g/mol. The zero-order chi connectivity index (χ0) is 11.7. The van der Waals surface area contributed by atoms with Gasteiger partial charge in [0.2, 0.25) is 0 Å². The lowest BCUT2D eigenvalue weighted by Crippen LogP contribution is -2.38. The third kappa shape index (κ3) is 2.53. The number of carbonyl (C=O) groups excluding carboxylic acids is 1. The number of aliphatic hydroxyl groups excluding tert-OH is 1. The molecule has 0 bridgehead atoms. The molecule has 7 heteroatoms. The van der Waals surface area contributed by atoms with E-state index >= 15 is 0 Å². The smallest absolute Gasteiger partial charge is 0.276 e. The minimum absolute atomic E-state index is 0. The van der Waals surface area contributed by atoms with Crippen molar-refractivity contribution in [3.8, 4) is 0 Å². The summed E-state index contributed by atoms with van der Waals surface area (Å²) >= 11 is 0. The van der Waals surface area contributed by atoms with Crippen LogP contribution in [0.25, 0.3) is 0 Å². The van der Waals surface area contributed by atoms with Gasteiger partial charge in [0.15, 0.2) is 5.69 Å². The van der Waals surface area contributed by atoms with Gasteiger partial charge in [0.05, 0.1) is 18.3 Å². The molecule has 1 aliphatic rings. The highest BCUT2D eigenvalue weighted by atomic mass is 35.5. The molecule has 0 radical (unpaired) electrons. The highest BCUT2D eigenvalue weighted by Crippen LogP contribution is 2.21. The van der Waals surface area contributed by atoms with E-state index in [9.17, 15) is 4.79 Å². The van der Waals surface area contributed by atoms with Gasteiger partial charge in [-0.15, -0.1) is 12.4 Å². The molecule has 0 saturated carbocycles. The van der Waals surface area contributed by atoms with E-state index in [2.05, 4.69) is 5.10 Å². The molecule has 1 aromatic heterocycles. The number of carbonyl (C=O) groups is 1. The Hall–Kier alpha value is -1.27. The first kappa shape index (κ1) is 13.8. The van der Waals surface area contributed by atoms with Crippen LogP contribution in [-0.4, -0.2) is 44.9 Å². The summed E-state index contributed by atoms with van der Waals surface area (Å²) in [6, 6.07) is -0.0890. The summed E-state index contributed by atoms with van der Waals surface area (Å²) in [6.07, 6.45) is 3.37. The molecule has 2 heterocycles. The van der Waals surface area contributed by atoms with E-state index in [1.807, 2.05) is 0 Å². The van der Waals surface area contributed by atoms with E-state index in [0.717, 1.165) is 12.8 Å². The fraction of sp³-hybridized carbons (Fsp3) is 0.600. The normalized spacial score (nSPS) is 19.2. The van der Waals surface area contributed by atoms with Gasteiger partial charge in [-0.25, -0.2) is 0 Å². The van der Waals surface area contributed by atoms with Gasteiger partial charge in [-0.2, -0.15) is 5.10 Å². The predicted octanol–water partition coefficient (Wildman–Crippen LogP) is 0.0210. The van der Waals surface area contributed by atoms with Gasteiger partial charge >= 0.3 is 0 Å². The van der Waals surface area contributed by atoms with Crippen LogP contribution < -0.4 is 5.73 Å². The zero-order valence-electron chi connectivity index (χ0n) is 9.67. The molecular weight excluding hydrogens is 244 g/mol. The second-order valence-corrected chi connectivity index (χ2v) is 4.08. The topological polar surface area (TPSA) is 84.4 Å². The molecule has 0 aliphatic carbocycles. The Balaban J connectivity index is 0.00000144. The Labute approximate surface area is 106 Å². The number of nitrogens with zero attached hydrogens (tertiary/aromatic N) is 3. The maximum absolute atomic E-state index is 12.1. The Kier molecular flexibility index (Phi) is 4.36. The number of hydrogen-bond donors (Lipinski definition) is 2. The molecule has 1 atom stereocenters. The average Bonchev–Trinajstić information content (AvgIpc) is 2.83. The molecule has 96 valence electrons. The fourth-order valence-corrected chi connectivity index (χ4v) is 2.10. The van der Waals surface area contributed by atoms with E-state index in [1.54, 1.807) is 18.1 Å². The number of aromatic nitrogens is 2. The molecule has 17 heavy (non-hydrogen) atoms. The lowest BCUT2D eigenvalue weighted by molar-refractivity contribution is 0.0672. The van der Waals surface area contributed by atoms with Gasteiger partial charge in [-0.05, 0) is 12.8 Å². The molecule has 3 N–H and O–H groups in total. The maximum Gasteiger partial charge on any atom is 0.276 e. The van der Waals surface area contributed by atoms with Crippen LogP contribution in [0.5, 0.6) is 0 Å². The summed E-state index contributed by atoms with van der Waals surface area (Å²) in [5.74, 6) is -0.186. The predicted molar refractivity (Wildman–Crippen MR) is 66.0 cm³/mol. The van der Waals surface area contributed by atoms with Crippen LogP contribution in [0.15, 0.2) is 6.20 Å². The van der Waals surface area contributed by atoms with Gasteiger partial charge in [0.1, 0.15) is 0 Å². The van der Waals surface area contributed by atoms with Crippen molar-refractivity contribution >= 4 is 24.0 Å². The van der Waals surface area contributed by atoms with Crippen molar-refractivity contribution in [2.45, 2.75) is 18.9 Å². The van der Waals surface area contributed by atoms with Crippen molar-refractivity contribution < 1.29 is 9.90 Å². The Morgan fingerprint density at radius 1 is 1.71 bits per heavy atom. The number of rotatable bonds is 2. The summed E-state index contributed by atoms with van der Waals surface area (Å²) in [4.78, 5) is 13.8. The summed E-state index contributed by atoms with van der Waals surface area (Å²) in [6.45, 7) is 0.665. The molecule has 0 spiro atoms. The number of likely N-dealkylation sites (tertiary alicyclic amines) is 1. The van der Waals surface area contributed by atoms with Crippen LogP contribution in [0.1, 0.15) is 23.3 Å². The maximum atomic E-state index is 12.1. The second-order valence-electron chi connectivity index (χ2n) is 4.08. The van der Waals surface area contributed by atoms with E-state index in [0.29, 0.717) is 12.2 Å². The molecule has 2 rings (SSSR count). The van der Waals surface area contributed by atoms with Crippen molar-refractivity contribution in [3.63, 3.8) is 0 Å². The lowest BCUT2D eigenvalue weighted by atomic mass is 10.2. The van der Waals surface area contributed by atoms with Gasteiger partial charge in [0, 0.05) is 19.8 Å². The van der Waals surface area contributed by atoms with Crippen LogP contribution in [0.4, 0.5) is 5.69 Å². The number of halogens is 1. The molecule has 1 fully saturated rings. The molecular formula is C10H17ClN4O2. The van der Waals surface area contributed by atoms with Crippen molar-refractivity contribution in [1.82, 2.24) is 14.7 Å².